The van der Waals surface area contributed by atoms with Crippen LogP contribution in [0, 0.1) is 19.8 Å². The van der Waals surface area contributed by atoms with E-state index in [2.05, 4.69) is 67.6 Å². The van der Waals surface area contributed by atoms with Crippen LogP contribution >= 0.6 is 0 Å². The minimum atomic E-state index is 0.701. The molecule has 0 radical (unpaired) electrons. The number of aryl methyl sites for hydroxylation is 3. The van der Waals surface area contributed by atoms with Gasteiger partial charge < -0.3 is 4.57 Å². The molecule has 0 unspecified atom stereocenters. The van der Waals surface area contributed by atoms with E-state index in [9.17, 15) is 0 Å². The molecule has 24 heavy (non-hydrogen) atoms. The Morgan fingerprint density at radius 1 is 0.958 bits per heavy atom. The molecule has 122 valence electrons. The highest BCUT2D eigenvalue weighted by Crippen LogP contribution is 2.38. The van der Waals surface area contributed by atoms with Crippen LogP contribution in [0.2, 0.25) is 0 Å². The summed E-state index contributed by atoms with van der Waals surface area (Å²) >= 11 is 0. The van der Waals surface area contributed by atoms with Crippen LogP contribution in [0.5, 0.6) is 0 Å². The van der Waals surface area contributed by atoms with Gasteiger partial charge in [0.15, 0.2) is 0 Å². The van der Waals surface area contributed by atoms with Gasteiger partial charge in [0.1, 0.15) is 0 Å². The van der Waals surface area contributed by atoms with Gasteiger partial charge in [0, 0.05) is 40.6 Å². The fraction of sp³-hybridized carbons (Fsp3) is 0.318. The molecule has 2 aromatic carbocycles. The molecule has 0 saturated heterocycles. The Labute approximate surface area is 143 Å². The zero-order chi connectivity index (χ0) is 16.8. The van der Waals surface area contributed by atoms with Crippen molar-refractivity contribution in [1.29, 1.82) is 0 Å². The molecule has 2 aromatic heterocycles. The monoisotopic (exact) mass is 316 g/mol. The van der Waals surface area contributed by atoms with Gasteiger partial charge >= 0.3 is 0 Å². The average molecular weight is 316 g/mol. The normalized spacial score (nSPS) is 12.0. The molecule has 0 atom stereocenters. The van der Waals surface area contributed by atoms with Crippen molar-refractivity contribution >= 4 is 32.6 Å². The number of hydrogen-bond acceptors (Lipinski definition) is 1. The van der Waals surface area contributed by atoms with E-state index in [0.29, 0.717) is 5.92 Å². The number of rotatable bonds is 3. The van der Waals surface area contributed by atoms with Crippen LogP contribution in [-0.4, -0.2) is 9.55 Å². The van der Waals surface area contributed by atoms with Crippen LogP contribution in [0.15, 0.2) is 42.7 Å². The van der Waals surface area contributed by atoms with Gasteiger partial charge in [-0.2, -0.15) is 0 Å². The number of aromatic nitrogens is 2. The lowest BCUT2D eigenvalue weighted by atomic mass is 9.97. The van der Waals surface area contributed by atoms with Gasteiger partial charge in [-0.25, -0.2) is 0 Å². The molecule has 0 aliphatic carbocycles. The highest BCUT2D eigenvalue weighted by molar-refractivity contribution is 6.16. The van der Waals surface area contributed by atoms with Crippen molar-refractivity contribution in [3.8, 4) is 0 Å². The standard InChI is InChI=1S/C22H24N2/c1-14(2)10-12-24-20-8-6-5-7-18(20)21-15(3)19-13-23-11-9-17(19)16(4)22(21)24/h5-9,11,13-14H,10,12H2,1-4H3. The molecule has 0 N–H and O–H groups in total. The van der Waals surface area contributed by atoms with Crippen LogP contribution in [0.3, 0.4) is 0 Å². The maximum atomic E-state index is 4.36. The zero-order valence-corrected chi connectivity index (χ0v) is 14.9. The van der Waals surface area contributed by atoms with Crippen LogP contribution in [0.1, 0.15) is 31.4 Å². The lowest BCUT2D eigenvalue weighted by molar-refractivity contribution is 0.531. The number of para-hydroxylation sites is 1. The Balaban J connectivity index is 2.19. The van der Waals surface area contributed by atoms with E-state index < -0.39 is 0 Å². The highest BCUT2D eigenvalue weighted by Gasteiger charge is 2.17. The van der Waals surface area contributed by atoms with E-state index >= 15 is 0 Å². The molecule has 4 rings (SSSR count). The first kappa shape index (κ1) is 15.2. The third-order valence-electron chi connectivity index (χ3n) is 5.26. The highest BCUT2D eigenvalue weighted by atomic mass is 15.0. The van der Waals surface area contributed by atoms with E-state index in [1.807, 2.05) is 12.4 Å². The van der Waals surface area contributed by atoms with Gasteiger partial charge in [-0.15, -0.1) is 0 Å². The van der Waals surface area contributed by atoms with Gasteiger partial charge in [0.05, 0.1) is 5.52 Å². The quantitative estimate of drug-likeness (QED) is 0.453. The largest absolute Gasteiger partial charge is 0.340 e. The fourth-order valence-electron chi connectivity index (χ4n) is 3.98. The van der Waals surface area contributed by atoms with Crippen LogP contribution in [0.4, 0.5) is 0 Å². The van der Waals surface area contributed by atoms with E-state index in [1.165, 1.54) is 50.1 Å². The van der Waals surface area contributed by atoms with Crippen LogP contribution in [-0.2, 0) is 6.54 Å². The van der Waals surface area contributed by atoms with Crippen molar-refractivity contribution < 1.29 is 0 Å². The van der Waals surface area contributed by atoms with Crippen LogP contribution < -0.4 is 0 Å². The Hall–Kier alpha value is -2.35. The second-order valence-electron chi connectivity index (χ2n) is 7.25. The first-order valence-corrected chi connectivity index (χ1v) is 8.83. The molecule has 0 aliphatic rings. The van der Waals surface area contributed by atoms with Crippen LogP contribution in [0.25, 0.3) is 32.6 Å². The van der Waals surface area contributed by atoms with Crippen molar-refractivity contribution in [2.45, 2.75) is 40.7 Å². The lowest BCUT2D eigenvalue weighted by Crippen LogP contribution is -2.02. The van der Waals surface area contributed by atoms with Crippen molar-refractivity contribution in [2.75, 3.05) is 0 Å². The summed E-state index contributed by atoms with van der Waals surface area (Å²) in [5.41, 5.74) is 5.46. The van der Waals surface area contributed by atoms with Gasteiger partial charge in [0.25, 0.3) is 0 Å². The minimum Gasteiger partial charge on any atom is -0.340 e. The predicted octanol–water partition coefficient (Wildman–Crippen LogP) is 6.01. The molecule has 2 nitrogen and oxygen atoms in total. The summed E-state index contributed by atoms with van der Waals surface area (Å²) in [7, 11) is 0. The summed E-state index contributed by atoms with van der Waals surface area (Å²) < 4.78 is 2.53. The first-order chi connectivity index (χ1) is 11.6. The molecule has 2 heteroatoms. The number of benzene rings is 2. The van der Waals surface area contributed by atoms with Gasteiger partial charge in [0.2, 0.25) is 0 Å². The predicted molar refractivity (Wildman–Crippen MR) is 104 cm³/mol. The number of pyridine rings is 1. The topological polar surface area (TPSA) is 17.8 Å². The third-order valence-corrected chi connectivity index (χ3v) is 5.26. The molecule has 2 heterocycles. The summed E-state index contributed by atoms with van der Waals surface area (Å²) in [6.07, 6.45) is 5.11. The third kappa shape index (κ3) is 2.13. The minimum absolute atomic E-state index is 0.701. The second-order valence-corrected chi connectivity index (χ2v) is 7.25. The van der Waals surface area contributed by atoms with Crippen molar-refractivity contribution in [3.63, 3.8) is 0 Å². The SMILES string of the molecule is Cc1c2cnccc2c(C)c2c1c1ccccc1n2CCC(C)C. The van der Waals surface area contributed by atoms with Gasteiger partial charge in [-0.05, 0) is 54.8 Å². The van der Waals surface area contributed by atoms with E-state index in [-0.39, 0.29) is 0 Å². The lowest BCUT2D eigenvalue weighted by Gasteiger charge is -2.14. The molecule has 0 aliphatic heterocycles. The zero-order valence-electron chi connectivity index (χ0n) is 14.9. The maximum absolute atomic E-state index is 4.36. The van der Waals surface area contributed by atoms with Gasteiger partial charge in [-0.1, -0.05) is 32.0 Å². The van der Waals surface area contributed by atoms with Crippen molar-refractivity contribution in [1.82, 2.24) is 9.55 Å². The average Bonchev–Trinajstić information content (AvgIpc) is 2.93. The smallest absolute Gasteiger partial charge is 0.0530 e. The van der Waals surface area contributed by atoms with Crippen molar-refractivity contribution in [3.05, 3.63) is 53.9 Å². The summed E-state index contributed by atoms with van der Waals surface area (Å²) in [4.78, 5) is 4.36. The molecular formula is C22H24N2. The molecule has 0 spiro atoms. The summed E-state index contributed by atoms with van der Waals surface area (Å²) in [5.74, 6) is 0.701. The molecule has 0 saturated carbocycles. The Morgan fingerprint density at radius 3 is 2.54 bits per heavy atom. The number of fused-ring (bicyclic) bond motifs is 4. The second kappa shape index (κ2) is 5.62. The van der Waals surface area contributed by atoms with Crippen molar-refractivity contribution in [2.24, 2.45) is 5.92 Å². The first-order valence-electron chi connectivity index (χ1n) is 8.83. The van der Waals surface area contributed by atoms with E-state index in [0.717, 1.165) is 6.54 Å². The molecule has 0 fully saturated rings. The fourth-order valence-corrected chi connectivity index (χ4v) is 3.98. The summed E-state index contributed by atoms with van der Waals surface area (Å²) in [6, 6.07) is 11.0. The Kier molecular flexibility index (Phi) is 3.56. The van der Waals surface area contributed by atoms with E-state index in [4.69, 9.17) is 0 Å². The molecule has 0 bridgehead atoms. The summed E-state index contributed by atoms with van der Waals surface area (Å²) in [5, 5.41) is 5.35. The Morgan fingerprint density at radius 2 is 1.75 bits per heavy atom. The Bertz CT molecular complexity index is 1050. The number of nitrogens with zero attached hydrogens (tertiary/aromatic N) is 2. The summed E-state index contributed by atoms with van der Waals surface area (Å²) in [6.45, 7) is 10.2. The molecular weight excluding hydrogens is 292 g/mol. The maximum Gasteiger partial charge on any atom is 0.0530 e. The van der Waals surface area contributed by atoms with E-state index in [1.54, 1.807) is 0 Å². The van der Waals surface area contributed by atoms with Gasteiger partial charge in [-0.3, -0.25) is 4.98 Å². The molecule has 0 amide bonds. The number of hydrogen-bond donors (Lipinski definition) is 0. The molecule has 4 aromatic rings.